The van der Waals surface area contributed by atoms with Crippen molar-refractivity contribution in [3.05, 3.63) is 30.1 Å². The van der Waals surface area contributed by atoms with Gasteiger partial charge in [-0.2, -0.15) is 4.31 Å². The minimum absolute atomic E-state index is 0.0348. The van der Waals surface area contributed by atoms with E-state index < -0.39 is 21.8 Å². The molecule has 0 bridgehead atoms. The number of hydrogen-bond acceptors (Lipinski definition) is 5. The van der Waals surface area contributed by atoms with E-state index in [4.69, 9.17) is 9.47 Å². The van der Waals surface area contributed by atoms with Gasteiger partial charge in [0, 0.05) is 40.4 Å². The third-order valence-electron chi connectivity index (χ3n) is 4.63. The Labute approximate surface area is 160 Å². The predicted molar refractivity (Wildman–Crippen MR) is 98.2 cm³/mol. The number of sulfonamides is 1. The molecule has 7 nitrogen and oxygen atoms in total. The number of ether oxygens (including phenoxy) is 2. The lowest BCUT2D eigenvalue weighted by Crippen LogP contribution is -2.48. The van der Waals surface area contributed by atoms with Gasteiger partial charge in [-0.25, -0.2) is 12.8 Å². The van der Waals surface area contributed by atoms with Crippen molar-refractivity contribution in [2.45, 2.75) is 17.7 Å². The first-order valence-electron chi connectivity index (χ1n) is 8.92. The Balaban J connectivity index is 2.11. The highest BCUT2D eigenvalue weighted by atomic mass is 32.2. The van der Waals surface area contributed by atoms with Crippen LogP contribution < -0.4 is 0 Å². The van der Waals surface area contributed by atoms with Crippen LogP contribution in [0.5, 0.6) is 0 Å². The van der Waals surface area contributed by atoms with Crippen molar-refractivity contribution in [2.24, 2.45) is 5.92 Å². The molecule has 1 amide bonds. The molecule has 1 fully saturated rings. The highest BCUT2D eigenvalue weighted by molar-refractivity contribution is 7.89. The number of methoxy groups -OCH3 is 2. The summed E-state index contributed by atoms with van der Waals surface area (Å²) in [4.78, 5) is 14.6. The van der Waals surface area contributed by atoms with Crippen LogP contribution >= 0.6 is 0 Å². The lowest BCUT2D eigenvalue weighted by Gasteiger charge is -2.34. The number of carbonyl (C=O) groups excluding carboxylic acids is 1. The summed E-state index contributed by atoms with van der Waals surface area (Å²) >= 11 is 0. The zero-order valence-electron chi connectivity index (χ0n) is 15.8. The second-order valence-electron chi connectivity index (χ2n) is 6.47. The molecular formula is C18H27FN2O5S. The van der Waals surface area contributed by atoms with E-state index in [-0.39, 0.29) is 17.3 Å². The molecule has 2 rings (SSSR count). The van der Waals surface area contributed by atoms with Gasteiger partial charge < -0.3 is 14.4 Å². The Bertz CT molecular complexity index is 703. The quantitative estimate of drug-likeness (QED) is 0.623. The van der Waals surface area contributed by atoms with Crippen LogP contribution in [0.15, 0.2) is 29.2 Å². The topological polar surface area (TPSA) is 76.2 Å². The summed E-state index contributed by atoms with van der Waals surface area (Å²) in [6.45, 7) is 2.13. The fourth-order valence-electron chi connectivity index (χ4n) is 3.11. The van der Waals surface area contributed by atoms with Crippen molar-refractivity contribution in [3.8, 4) is 0 Å². The van der Waals surface area contributed by atoms with Crippen LogP contribution in [0, 0.1) is 11.7 Å². The maximum atomic E-state index is 13.1. The Morgan fingerprint density at radius 2 is 1.78 bits per heavy atom. The minimum Gasteiger partial charge on any atom is -0.383 e. The van der Waals surface area contributed by atoms with Crippen LogP contribution in [0.25, 0.3) is 0 Å². The summed E-state index contributed by atoms with van der Waals surface area (Å²) in [6.07, 6.45) is 1.23. The van der Waals surface area contributed by atoms with E-state index in [9.17, 15) is 17.6 Å². The first kappa shape index (κ1) is 21.7. The monoisotopic (exact) mass is 402 g/mol. The van der Waals surface area contributed by atoms with E-state index in [1.807, 2.05) is 0 Å². The summed E-state index contributed by atoms with van der Waals surface area (Å²) in [5, 5.41) is 0. The first-order chi connectivity index (χ1) is 12.9. The van der Waals surface area contributed by atoms with Crippen molar-refractivity contribution in [1.82, 2.24) is 9.21 Å². The third kappa shape index (κ3) is 5.71. The summed E-state index contributed by atoms with van der Waals surface area (Å²) < 4.78 is 50.2. The van der Waals surface area contributed by atoms with Crippen molar-refractivity contribution in [1.29, 1.82) is 0 Å². The van der Waals surface area contributed by atoms with Gasteiger partial charge in [-0.3, -0.25) is 4.79 Å². The Morgan fingerprint density at radius 3 is 2.33 bits per heavy atom. The van der Waals surface area contributed by atoms with E-state index in [0.717, 1.165) is 12.1 Å². The molecule has 0 radical (unpaired) electrons. The molecule has 27 heavy (non-hydrogen) atoms. The van der Waals surface area contributed by atoms with Gasteiger partial charge in [0.1, 0.15) is 5.82 Å². The smallest absolute Gasteiger partial charge is 0.243 e. The third-order valence-corrected chi connectivity index (χ3v) is 6.51. The molecule has 9 heteroatoms. The standard InChI is InChI=1S/C18H27FN2O5S/c1-25-12-10-20(11-13-26-2)18(22)15-4-3-9-21(14-15)27(23,24)17-7-5-16(19)6-8-17/h5-8,15H,3-4,9-14H2,1-2H3. The molecule has 0 aromatic heterocycles. The molecular weight excluding hydrogens is 375 g/mol. The molecule has 0 spiro atoms. The number of rotatable bonds is 9. The molecule has 152 valence electrons. The van der Waals surface area contributed by atoms with E-state index >= 15 is 0 Å². The van der Waals surface area contributed by atoms with Crippen LogP contribution in [0.3, 0.4) is 0 Å². The normalized spacial score (nSPS) is 18.4. The van der Waals surface area contributed by atoms with Gasteiger partial charge in [-0.05, 0) is 37.1 Å². The predicted octanol–water partition coefficient (Wildman–Crippen LogP) is 1.35. The molecule has 1 heterocycles. The largest absolute Gasteiger partial charge is 0.383 e. The van der Waals surface area contributed by atoms with Crippen LogP contribution in [0.1, 0.15) is 12.8 Å². The van der Waals surface area contributed by atoms with Crippen LogP contribution in [0.4, 0.5) is 4.39 Å². The molecule has 1 aromatic carbocycles. The molecule has 1 aliphatic heterocycles. The lowest BCUT2D eigenvalue weighted by molar-refractivity contribution is -0.138. The van der Waals surface area contributed by atoms with Crippen LogP contribution in [-0.2, 0) is 24.3 Å². The van der Waals surface area contributed by atoms with Crippen molar-refractivity contribution in [2.75, 3.05) is 53.6 Å². The van der Waals surface area contributed by atoms with E-state index in [2.05, 4.69) is 0 Å². The second kappa shape index (κ2) is 10.1. The molecule has 1 aromatic rings. The molecule has 1 saturated heterocycles. The van der Waals surface area contributed by atoms with Crippen molar-refractivity contribution in [3.63, 3.8) is 0 Å². The van der Waals surface area contributed by atoms with Crippen LogP contribution in [-0.4, -0.2) is 77.1 Å². The molecule has 0 saturated carbocycles. The summed E-state index contributed by atoms with van der Waals surface area (Å²) in [7, 11) is -0.626. The number of piperidine rings is 1. The summed E-state index contributed by atoms with van der Waals surface area (Å²) in [5.74, 6) is -1.00. The molecule has 1 aliphatic rings. The minimum atomic E-state index is -3.76. The number of hydrogen-bond donors (Lipinski definition) is 0. The van der Waals surface area contributed by atoms with Crippen molar-refractivity contribution < 1.29 is 27.1 Å². The maximum absolute atomic E-state index is 13.1. The lowest BCUT2D eigenvalue weighted by atomic mass is 9.98. The Morgan fingerprint density at radius 1 is 1.19 bits per heavy atom. The van der Waals surface area contributed by atoms with Gasteiger partial charge >= 0.3 is 0 Å². The molecule has 0 N–H and O–H groups in total. The average molecular weight is 402 g/mol. The Hall–Kier alpha value is -1.55. The zero-order valence-corrected chi connectivity index (χ0v) is 16.6. The van der Waals surface area contributed by atoms with E-state index in [1.165, 1.54) is 16.4 Å². The number of halogens is 1. The van der Waals surface area contributed by atoms with Gasteiger partial charge in [0.05, 0.1) is 24.0 Å². The number of nitrogens with zero attached hydrogens (tertiary/aromatic N) is 2. The number of carbonyl (C=O) groups is 1. The van der Waals surface area contributed by atoms with Gasteiger partial charge in [0.15, 0.2) is 0 Å². The molecule has 1 unspecified atom stereocenters. The van der Waals surface area contributed by atoms with E-state index in [0.29, 0.717) is 45.7 Å². The summed E-state index contributed by atoms with van der Waals surface area (Å²) in [5.41, 5.74) is 0. The second-order valence-corrected chi connectivity index (χ2v) is 8.40. The maximum Gasteiger partial charge on any atom is 0.243 e. The molecule has 0 aliphatic carbocycles. The van der Waals surface area contributed by atoms with E-state index in [1.54, 1.807) is 19.1 Å². The van der Waals surface area contributed by atoms with Gasteiger partial charge in [0.2, 0.25) is 15.9 Å². The molecule has 1 atom stereocenters. The zero-order chi connectivity index (χ0) is 19.9. The SMILES string of the molecule is COCCN(CCOC)C(=O)C1CCCN(S(=O)(=O)c2ccc(F)cc2)C1. The first-order valence-corrected chi connectivity index (χ1v) is 10.4. The van der Waals surface area contributed by atoms with Gasteiger partial charge in [-0.1, -0.05) is 0 Å². The van der Waals surface area contributed by atoms with Crippen LogP contribution in [0.2, 0.25) is 0 Å². The fourth-order valence-corrected chi connectivity index (χ4v) is 4.64. The highest BCUT2D eigenvalue weighted by Gasteiger charge is 2.35. The average Bonchev–Trinajstić information content (AvgIpc) is 2.68. The van der Waals surface area contributed by atoms with Gasteiger partial charge in [-0.15, -0.1) is 0 Å². The number of benzene rings is 1. The highest BCUT2D eigenvalue weighted by Crippen LogP contribution is 2.25. The van der Waals surface area contributed by atoms with Crippen molar-refractivity contribution >= 4 is 15.9 Å². The summed E-state index contributed by atoms with van der Waals surface area (Å²) in [6, 6.07) is 4.74. The Kier molecular flexibility index (Phi) is 8.15. The van der Waals surface area contributed by atoms with Gasteiger partial charge in [0.25, 0.3) is 0 Å². The fraction of sp³-hybridized carbons (Fsp3) is 0.611. The number of amides is 1.